The van der Waals surface area contributed by atoms with Crippen LogP contribution in [-0.2, 0) is 21.9 Å². The van der Waals surface area contributed by atoms with Crippen LogP contribution in [0.4, 0.5) is 0 Å². The summed E-state index contributed by atoms with van der Waals surface area (Å²) in [6.07, 6.45) is 4.22. The normalized spacial score (nSPS) is 14.9. The molecule has 4 nitrogen and oxygen atoms in total. The fourth-order valence-electron chi connectivity index (χ4n) is 3.75. The second kappa shape index (κ2) is 12.2. The van der Waals surface area contributed by atoms with Gasteiger partial charge in [-0.15, -0.1) is 11.8 Å². The standard InChI is InChI=1S/C24H27Cl3N2O2S/c1-16(24(31)28-19-5-2-3-6-19)29(13-20-21(26)7-4-8-22(20)27)23(30)15-32-14-17-9-11-18(25)12-10-17/h4,7-12,16,19H,2-3,5-6,13-15H2,1H3,(H,28,31)/t16-/m0/s1. The number of benzene rings is 2. The Balaban J connectivity index is 1.70. The maximum Gasteiger partial charge on any atom is 0.242 e. The highest BCUT2D eigenvalue weighted by Gasteiger charge is 2.29. The largest absolute Gasteiger partial charge is 0.352 e. The molecule has 0 unspecified atom stereocenters. The maximum atomic E-state index is 13.2. The summed E-state index contributed by atoms with van der Waals surface area (Å²) in [5.41, 5.74) is 1.73. The lowest BCUT2D eigenvalue weighted by molar-refractivity contribution is -0.138. The first-order valence-electron chi connectivity index (χ1n) is 10.7. The van der Waals surface area contributed by atoms with Gasteiger partial charge in [0.15, 0.2) is 0 Å². The minimum Gasteiger partial charge on any atom is -0.352 e. The molecule has 0 saturated heterocycles. The van der Waals surface area contributed by atoms with Crippen molar-refractivity contribution in [1.82, 2.24) is 10.2 Å². The van der Waals surface area contributed by atoms with Crippen molar-refractivity contribution in [3.8, 4) is 0 Å². The summed E-state index contributed by atoms with van der Waals surface area (Å²) in [7, 11) is 0. The fraction of sp³-hybridized carbons (Fsp3) is 0.417. The molecule has 0 bridgehead atoms. The number of nitrogens with one attached hydrogen (secondary N) is 1. The molecule has 0 radical (unpaired) electrons. The molecule has 3 rings (SSSR count). The number of rotatable bonds is 9. The van der Waals surface area contributed by atoms with Gasteiger partial charge in [-0.05, 0) is 49.6 Å². The molecule has 2 amide bonds. The molecule has 2 aromatic rings. The van der Waals surface area contributed by atoms with Gasteiger partial charge in [0, 0.05) is 39.0 Å². The van der Waals surface area contributed by atoms with Crippen LogP contribution < -0.4 is 5.32 Å². The van der Waals surface area contributed by atoms with Crippen molar-refractivity contribution in [2.45, 2.75) is 57.0 Å². The lowest BCUT2D eigenvalue weighted by Gasteiger charge is -2.30. The monoisotopic (exact) mass is 512 g/mol. The van der Waals surface area contributed by atoms with E-state index in [1.807, 2.05) is 24.3 Å². The molecule has 1 fully saturated rings. The first-order chi connectivity index (χ1) is 15.3. The molecular weight excluding hydrogens is 487 g/mol. The number of hydrogen-bond donors (Lipinski definition) is 1. The molecule has 0 heterocycles. The molecule has 1 aliphatic carbocycles. The predicted octanol–water partition coefficient (Wildman–Crippen LogP) is 6.36. The van der Waals surface area contributed by atoms with Crippen molar-refractivity contribution in [2.75, 3.05) is 5.75 Å². The average molecular weight is 514 g/mol. The van der Waals surface area contributed by atoms with Gasteiger partial charge in [0.05, 0.1) is 5.75 Å². The van der Waals surface area contributed by atoms with Crippen LogP contribution in [0, 0.1) is 0 Å². The molecule has 0 aromatic heterocycles. The van der Waals surface area contributed by atoms with Gasteiger partial charge in [-0.25, -0.2) is 0 Å². The minimum atomic E-state index is -0.633. The van der Waals surface area contributed by atoms with E-state index in [0.29, 0.717) is 26.4 Å². The summed E-state index contributed by atoms with van der Waals surface area (Å²) < 4.78 is 0. The smallest absolute Gasteiger partial charge is 0.242 e. The maximum absolute atomic E-state index is 13.2. The summed E-state index contributed by atoms with van der Waals surface area (Å²) in [4.78, 5) is 27.7. The molecule has 0 aliphatic heterocycles. The van der Waals surface area contributed by atoms with Crippen molar-refractivity contribution in [1.29, 1.82) is 0 Å². The number of amides is 2. The average Bonchev–Trinajstić information content (AvgIpc) is 3.27. The second-order valence-corrected chi connectivity index (χ2v) is 10.2. The molecule has 8 heteroatoms. The third-order valence-electron chi connectivity index (χ3n) is 5.67. The van der Waals surface area contributed by atoms with Crippen molar-refractivity contribution in [3.63, 3.8) is 0 Å². The molecule has 32 heavy (non-hydrogen) atoms. The van der Waals surface area contributed by atoms with E-state index in [1.54, 1.807) is 30.0 Å². The Labute approximate surface area is 209 Å². The predicted molar refractivity (Wildman–Crippen MR) is 134 cm³/mol. The van der Waals surface area contributed by atoms with E-state index in [1.165, 1.54) is 11.8 Å². The first kappa shape index (κ1) is 25.2. The van der Waals surface area contributed by atoms with Crippen molar-refractivity contribution in [2.24, 2.45) is 0 Å². The lowest BCUT2D eigenvalue weighted by atomic mass is 10.1. The number of nitrogens with zero attached hydrogens (tertiary/aromatic N) is 1. The summed E-state index contributed by atoms with van der Waals surface area (Å²) in [6, 6.07) is 12.3. The molecule has 172 valence electrons. The number of carbonyl (C=O) groups is 2. The highest BCUT2D eigenvalue weighted by Crippen LogP contribution is 2.27. The van der Waals surface area contributed by atoms with Gasteiger partial charge in [0.25, 0.3) is 0 Å². The zero-order valence-corrected chi connectivity index (χ0v) is 21.0. The van der Waals surface area contributed by atoms with Gasteiger partial charge in [-0.1, -0.05) is 65.8 Å². The van der Waals surface area contributed by atoms with E-state index in [4.69, 9.17) is 34.8 Å². The quantitative estimate of drug-likeness (QED) is 0.425. The van der Waals surface area contributed by atoms with Crippen LogP contribution in [0.3, 0.4) is 0 Å². The van der Waals surface area contributed by atoms with Crippen LogP contribution in [0.25, 0.3) is 0 Å². The lowest BCUT2D eigenvalue weighted by Crippen LogP contribution is -2.50. The summed E-state index contributed by atoms with van der Waals surface area (Å²) in [5, 5.41) is 4.74. The number of hydrogen-bond acceptors (Lipinski definition) is 3. The van der Waals surface area contributed by atoms with Crippen molar-refractivity contribution >= 4 is 58.4 Å². The van der Waals surface area contributed by atoms with Crippen LogP contribution in [0.1, 0.15) is 43.7 Å². The number of halogens is 3. The van der Waals surface area contributed by atoms with Gasteiger partial charge >= 0.3 is 0 Å². The Morgan fingerprint density at radius 2 is 1.69 bits per heavy atom. The van der Waals surface area contributed by atoms with Crippen LogP contribution in [0.5, 0.6) is 0 Å². The molecule has 1 N–H and O–H groups in total. The minimum absolute atomic E-state index is 0.131. The number of carbonyl (C=O) groups excluding carboxylic acids is 2. The molecule has 1 atom stereocenters. The van der Waals surface area contributed by atoms with Crippen LogP contribution >= 0.6 is 46.6 Å². The Morgan fingerprint density at radius 3 is 2.31 bits per heavy atom. The van der Waals surface area contributed by atoms with Gasteiger partial charge in [-0.2, -0.15) is 0 Å². The zero-order valence-electron chi connectivity index (χ0n) is 18.0. The summed E-state index contributed by atoms with van der Waals surface area (Å²) in [6.45, 7) is 1.94. The van der Waals surface area contributed by atoms with Gasteiger partial charge in [-0.3, -0.25) is 9.59 Å². The van der Waals surface area contributed by atoms with E-state index >= 15 is 0 Å². The Hall–Kier alpha value is -1.40. The third kappa shape index (κ3) is 7.05. The first-order valence-corrected chi connectivity index (χ1v) is 13.0. The van der Waals surface area contributed by atoms with Gasteiger partial charge in [0.2, 0.25) is 11.8 Å². The highest BCUT2D eigenvalue weighted by molar-refractivity contribution is 7.99. The molecule has 1 aliphatic rings. The van der Waals surface area contributed by atoms with E-state index in [0.717, 1.165) is 31.2 Å². The van der Waals surface area contributed by atoms with Gasteiger partial charge in [0.1, 0.15) is 6.04 Å². The van der Waals surface area contributed by atoms with Crippen LogP contribution in [0.2, 0.25) is 15.1 Å². The van der Waals surface area contributed by atoms with E-state index in [-0.39, 0.29) is 30.2 Å². The van der Waals surface area contributed by atoms with Crippen molar-refractivity contribution in [3.05, 3.63) is 68.7 Å². The second-order valence-electron chi connectivity index (χ2n) is 8.01. The van der Waals surface area contributed by atoms with Crippen molar-refractivity contribution < 1.29 is 9.59 Å². The molecule has 0 spiro atoms. The highest BCUT2D eigenvalue weighted by atomic mass is 35.5. The fourth-order valence-corrected chi connectivity index (χ4v) is 5.26. The topological polar surface area (TPSA) is 49.4 Å². The van der Waals surface area contributed by atoms with E-state index < -0.39 is 6.04 Å². The number of thioether (sulfide) groups is 1. The Kier molecular flexibility index (Phi) is 9.60. The SMILES string of the molecule is C[C@@H](C(=O)NC1CCCC1)N(Cc1c(Cl)cccc1Cl)C(=O)CSCc1ccc(Cl)cc1. The van der Waals surface area contributed by atoms with Gasteiger partial charge < -0.3 is 10.2 Å². The zero-order chi connectivity index (χ0) is 23.1. The van der Waals surface area contributed by atoms with Crippen LogP contribution in [-0.4, -0.2) is 34.6 Å². The summed E-state index contributed by atoms with van der Waals surface area (Å²) >= 11 is 20.2. The molecular formula is C24H27Cl3N2O2S. The Bertz CT molecular complexity index is 913. The molecule has 1 saturated carbocycles. The Morgan fingerprint density at radius 1 is 1.06 bits per heavy atom. The third-order valence-corrected chi connectivity index (χ3v) is 7.62. The van der Waals surface area contributed by atoms with E-state index in [2.05, 4.69) is 5.32 Å². The molecule has 2 aromatic carbocycles. The van der Waals surface area contributed by atoms with E-state index in [9.17, 15) is 9.59 Å². The van der Waals surface area contributed by atoms with Crippen LogP contribution in [0.15, 0.2) is 42.5 Å². The summed E-state index contributed by atoms with van der Waals surface area (Å²) in [5.74, 6) is 0.642.